The van der Waals surface area contributed by atoms with Crippen LogP contribution in [0.1, 0.15) is 20.3 Å². The van der Waals surface area contributed by atoms with E-state index in [-0.39, 0.29) is 0 Å². The number of carbonyl (C=O) groups is 2. The summed E-state index contributed by atoms with van der Waals surface area (Å²) in [6.45, 7) is 4.01. The van der Waals surface area contributed by atoms with Crippen molar-refractivity contribution in [3.05, 3.63) is 0 Å². The lowest BCUT2D eigenvalue weighted by Gasteiger charge is -2.10. The van der Waals surface area contributed by atoms with Crippen LogP contribution in [0.25, 0.3) is 0 Å². The van der Waals surface area contributed by atoms with Gasteiger partial charge in [-0.05, 0) is 13.8 Å². The number of rotatable bonds is 4. The van der Waals surface area contributed by atoms with Crippen LogP contribution in [0.2, 0.25) is 0 Å². The fourth-order valence-electron chi connectivity index (χ4n) is 0.799. The number of nitrogens with one attached hydrogen (secondary N) is 2. The van der Waals surface area contributed by atoms with Crippen molar-refractivity contribution >= 4 is 11.9 Å². The number of hydrogen-bond acceptors (Lipinski definition) is 3. The largest absolute Gasteiger partial charge is 0.351 e. The molecule has 1 atom stereocenters. The van der Waals surface area contributed by atoms with Gasteiger partial charge in [-0.25, -0.2) is 4.79 Å². The van der Waals surface area contributed by atoms with Gasteiger partial charge in [0, 0.05) is 13.0 Å². The van der Waals surface area contributed by atoms with Crippen molar-refractivity contribution in [2.75, 3.05) is 6.54 Å². The van der Waals surface area contributed by atoms with Gasteiger partial charge in [-0.2, -0.15) is 0 Å². The van der Waals surface area contributed by atoms with Crippen LogP contribution in [0.4, 0.5) is 4.79 Å². The molecule has 5 nitrogen and oxygen atoms in total. The molecule has 1 unspecified atom stereocenters. The molecule has 5 heteroatoms. The maximum atomic E-state index is 11.1. The van der Waals surface area contributed by atoms with E-state index >= 15 is 0 Å². The minimum Gasteiger partial charge on any atom is -0.351 e. The first kappa shape index (κ1) is 12.5. The molecular weight excluding hydrogens is 182 g/mol. The van der Waals surface area contributed by atoms with Crippen molar-refractivity contribution in [3.8, 4) is 11.8 Å². The Bertz CT molecular complexity index is 265. The average molecular weight is 197 g/mol. The highest BCUT2D eigenvalue weighted by Gasteiger charge is 2.12. The Balaban J connectivity index is 3.70. The molecule has 0 aromatic heterocycles. The van der Waals surface area contributed by atoms with Gasteiger partial charge >= 0.3 is 6.03 Å². The number of urea groups is 1. The Morgan fingerprint density at radius 2 is 2.14 bits per heavy atom. The molecule has 0 radical (unpaired) electrons. The number of nitrogens with two attached hydrogens (primary N) is 1. The summed E-state index contributed by atoms with van der Waals surface area (Å²) in [4.78, 5) is 21.4. The second-order valence-electron chi connectivity index (χ2n) is 2.71. The molecule has 0 spiro atoms. The molecule has 0 saturated carbocycles. The highest BCUT2D eigenvalue weighted by atomic mass is 16.2. The van der Waals surface area contributed by atoms with Crippen molar-refractivity contribution in [2.45, 2.75) is 26.3 Å². The SMILES string of the molecule is CC#CCCNC(C)C(=O)NC(N)=O. The summed E-state index contributed by atoms with van der Waals surface area (Å²) in [7, 11) is 0. The zero-order valence-electron chi connectivity index (χ0n) is 8.39. The van der Waals surface area contributed by atoms with Crippen LogP contribution in [0.15, 0.2) is 0 Å². The average Bonchev–Trinajstić information content (AvgIpc) is 2.11. The molecule has 0 aliphatic rings. The molecule has 3 amide bonds. The topological polar surface area (TPSA) is 84.2 Å². The maximum Gasteiger partial charge on any atom is 0.318 e. The standard InChI is InChI=1S/C9H15N3O2/c1-3-4-5-6-11-7(2)8(13)12-9(10)14/h7,11H,5-6H2,1-2H3,(H3,10,12,13,14). The highest BCUT2D eigenvalue weighted by Crippen LogP contribution is 1.82. The molecule has 0 heterocycles. The molecule has 0 aliphatic heterocycles. The zero-order valence-corrected chi connectivity index (χ0v) is 8.39. The fourth-order valence-corrected chi connectivity index (χ4v) is 0.799. The Kier molecular flexibility index (Phi) is 6.16. The van der Waals surface area contributed by atoms with E-state index in [1.54, 1.807) is 13.8 Å². The van der Waals surface area contributed by atoms with E-state index in [0.717, 1.165) is 0 Å². The quantitative estimate of drug-likeness (QED) is 0.422. The van der Waals surface area contributed by atoms with E-state index in [4.69, 9.17) is 5.73 Å². The monoisotopic (exact) mass is 197 g/mol. The number of primary amides is 1. The van der Waals surface area contributed by atoms with Crippen molar-refractivity contribution in [1.82, 2.24) is 10.6 Å². The summed E-state index contributed by atoms with van der Waals surface area (Å²) >= 11 is 0. The predicted molar refractivity (Wildman–Crippen MR) is 53.3 cm³/mol. The predicted octanol–water partition coefficient (Wildman–Crippen LogP) is -0.427. The summed E-state index contributed by atoms with van der Waals surface area (Å²) in [5, 5.41) is 4.89. The van der Waals surface area contributed by atoms with Crippen LogP contribution < -0.4 is 16.4 Å². The number of hydrogen-bond donors (Lipinski definition) is 3. The van der Waals surface area contributed by atoms with Crippen molar-refractivity contribution < 1.29 is 9.59 Å². The van der Waals surface area contributed by atoms with Crippen LogP contribution in [0.3, 0.4) is 0 Å². The summed E-state index contributed by atoms with van der Waals surface area (Å²) in [5.74, 6) is 5.16. The van der Waals surface area contributed by atoms with Crippen molar-refractivity contribution in [1.29, 1.82) is 0 Å². The van der Waals surface area contributed by atoms with Gasteiger partial charge in [0.15, 0.2) is 0 Å². The van der Waals surface area contributed by atoms with E-state index in [1.165, 1.54) is 0 Å². The van der Waals surface area contributed by atoms with Gasteiger partial charge < -0.3 is 11.1 Å². The molecule has 4 N–H and O–H groups in total. The molecule has 0 aromatic carbocycles. The van der Waals surface area contributed by atoms with Gasteiger partial charge in [0.25, 0.3) is 0 Å². The second-order valence-corrected chi connectivity index (χ2v) is 2.71. The van der Waals surface area contributed by atoms with Gasteiger partial charge in [-0.3, -0.25) is 10.1 Å². The van der Waals surface area contributed by atoms with Gasteiger partial charge in [0.2, 0.25) is 5.91 Å². The third-order valence-electron chi connectivity index (χ3n) is 1.52. The normalized spacial score (nSPS) is 11.0. The maximum absolute atomic E-state index is 11.1. The molecule has 0 fully saturated rings. The third-order valence-corrected chi connectivity index (χ3v) is 1.52. The summed E-state index contributed by atoms with van der Waals surface area (Å²) in [6, 6.07) is -1.28. The third kappa shape index (κ3) is 6.03. The minimum absolute atomic E-state index is 0.429. The first-order valence-corrected chi connectivity index (χ1v) is 4.31. The van der Waals surface area contributed by atoms with E-state index in [9.17, 15) is 9.59 Å². The Morgan fingerprint density at radius 1 is 1.50 bits per heavy atom. The molecule has 0 aliphatic carbocycles. The Labute approximate surface area is 83.4 Å². The van der Waals surface area contributed by atoms with Crippen LogP contribution in [0.5, 0.6) is 0 Å². The molecule has 14 heavy (non-hydrogen) atoms. The molecular formula is C9H15N3O2. The zero-order chi connectivity index (χ0) is 11.0. The van der Waals surface area contributed by atoms with Crippen LogP contribution >= 0.6 is 0 Å². The van der Waals surface area contributed by atoms with Gasteiger partial charge in [-0.1, -0.05) is 0 Å². The molecule has 0 aromatic rings. The van der Waals surface area contributed by atoms with E-state index in [0.29, 0.717) is 13.0 Å². The first-order valence-electron chi connectivity index (χ1n) is 4.31. The van der Waals surface area contributed by atoms with E-state index < -0.39 is 18.0 Å². The summed E-state index contributed by atoms with van der Waals surface area (Å²) in [5.41, 5.74) is 4.79. The summed E-state index contributed by atoms with van der Waals surface area (Å²) < 4.78 is 0. The molecule has 0 saturated heterocycles. The molecule has 0 rings (SSSR count). The van der Waals surface area contributed by atoms with E-state index in [2.05, 4.69) is 17.2 Å². The van der Waals surface area contributed by atoms with Gasteiger partial charge in [-0.15, -0.1) is 11.8 Å². The lowest BCUT2D eigenvalue weighted by Crippen LogP contribution is -2.46. The minimum atomic E-state index is -0.836. The van der Waals surface area contributed by atoms with Crippen molar-refractivity contribution in [3.63, 3.8) is 0 Å². The summed E-state index contributed by atoms with van der Waals surface area (Å²) in [6.07, 6.45) is 0.671. The number of carbonyl (C=O) groups excluding carboxylic acids is 2. The number of amides is 3. The lowest BCUT2D eigenvalue weighted by molar-refractivity contribution is -0.121. The van der Waals surface area contributed by atoms with Crippen molar-refractivity contribution in [2.24, 2.45) is 5.73 Å². The van der Waals surface area contributed by atoms with E-state index in [1.807, 2.05) is 5.32 Å². The van der Waals surface area contributed by atoms with Crippen LogP contribution in [0, 0.1) is 11.8 Å². The number of imide groups is 1. The van der Waals surface area contributed by atoms with Crippen LogP contribution in [-0.2, 0) is 4.79 Å². The Morgan fingerprint density at radius 3 is 2.64 bits per heavy atom. The Hall–Kier alpha value is -1.54. The second kappa shape index (κ2) is 6.92. The first-order chi connectivity index (χ1) is 6.57. The van der Waals surface area contributed by atoms with Gasteiger partial charge in [0.05, 0.1) is 6.04 Å². The lowest BCUT2D eigenvalue weighted by atomic mass is 10.3. The highest BCUT2D eigenvalue weighted by molar-refractivity contribution is 5.96. The molecule has 78 valence electrons. The molecule has 0 bridgehead atoms. The van der Waals surface area contributed by atoms with Gasteiger partial charge in [0.1, 0.15) is 0 Å². The smallest absolute Gasteiger partial charge is 0.318 e. The van der Waals surface area contributed by atoms with Crippen LogP contribution in [-0.4, -0.2) is 24.5 Å². The fraction of sp³-hybridized carbons (Fsp3) is 0.556.